The third-order valence-corrected chi connectivity index (χ3v) is 6.68. The van der Waals surface area contributed by atoms with Crippen molar-refractivity contribution >= 4 is 5.78 Å². The van der Waals surface area contributed by atoms with E-state index in [4.69, 9.17) is 14.2 Å². The second-order valence-electron chi connectivity index (χ2n) is 9.03. The Bertz CT molecular complexity index is 918. The Morgan fingerprint density at radius 1 is 1.06 bits per heavy atom. The zero-order valence-electron chi connectivity index (χ0n) is 19.4. The van der Waals surface area contributed by atoms with Crippen molar-refractivity contribution in [2.45, 2.75) is 39.0 Å². The molecule has 2 aromatic carbocycles. The molecule has 0 unspecified atom stereocenters. The number of carbonyl (C=O) groups excluding carboxylic acids is 1. The molecule has 172 valence electrons. The Balaban J connectivity index is 1.24. The van der Waals surface area contributed by atoms with E-state index >= 15 is 0 Å². The Labute approximate surface area is 191 Å². The molecule has 0 atom stereocenters. The summed E-state index contributed by atoms with van der Waals surface area (Å²) in [6.45, 7) is 7.12. The lowest BCUT2D eigenvalue weighted by atomic mass is 9.89. The number of piperidine rings is 1. The van der Waals surface area contributed by atoms with Gasteiger partial charge in [0.2, 0.25) is 0 Å². The molecule has 0 amide bonds. The van der Waals surface area contributed by atoms with Gasteiger partial charge in [-0.05, 0) is 86.5 Å². The summed E-state index contributed by atoms with van der Waals surface area (Å²) < 4.78 is 16.6. The monoisotopic (exact) mass is 437 g/mol. The molecular weight excluding hydrogens is 402 g/mol. The van der Waals surface area contributed by atoms with Crippen molar-refractivity contribution in [1.29, 1.82) is 0 Å². The van der Waals surface area contributed by atoms with Crippen LogP contribution in [0, 0.1) is 12.8 Å². The molecule has 0 spiro atoms. The summed E-state index contributed by atoms with van der Waals surface area (Å²) in [5.41, 5.74) is 4.53. The van der Waals surface area contributed by atoms with Crippen LogP contribution in [0.1, 0.15) is 46.3 Å². The molecule has 0 saturated carbocycles. The van der Waals surface area contributed by atoms with Crippen LogP contribution < -0.4 is 9.47 Å². The maximum absolute atomic E-state index is 12.1. The van der Waals surface area contributed by atoms with Crippen LogP contribution in [0.5, 0.6) is 11.5 Å². The number of Topliss-reactive ketones (excluding diaryl/α,β-unsaturated/α-hetero) is 1. The minimum atomic E-state index is 0.206. The summed E-state index contributed by atoms with van der Waals surface area (Å²) in [5, 5.41) is 0. The average molecular weight is 438 g/mol. The van der Waals surface area contributed by atoms with Gasteiger partial charge in [-0.25, -0.2) is 0 Å². The number of carbonyl (C=O) groups is 1. The van der Waals surface area contributed by atoms with Gasteiger partial charge in [-0.15, -0.1) is 0 Å². The number of nitrogens with zero attached hydrogens (tertiary/aromatic N) is 1. The lowest BCUT2D eigenvalue weighted by molar-refractivity contribution is 0.0933. The Kier molecular flexibility index (Phi) is 7.82. The molecule has 0 aliphatic carbocycles. The SMILES string of the molecule is COCCOc1cc(CC2CCN(CCc3ccc4c(c3)C(=O)CCO4)CC2)ccc1C. The van der Waals surface area contributed by atoms with E-state index in [-0.39, 0.29) is 5.78 Å². The predicted molar refractivity (Wildman–Crippen MR) is 126 cm³/mol. The number of hydrogen-bond acceptors (Lipinski definition) is 5. The minimum absolute atomic E-state index is 0.206. The quantitative estimate of drug-likeness (QED) is 0.541. The van der Waals surface area contributed by atoms with Crippen LogP contribution in [0.3, 0.4) is 0 Å². The predicted octanol–water partition coefficient (Wildman–Crippen LogP) is 4.48. The molecule has 2 aliphatic rings. The largest absolute Gasteiger partial charge is 0.492 e. The number of aryl methyl sites for hydroxylation is 1. The summed E-state index contributed by atoms with van der Waals surface area (Å²) in [4.78, 5) is 14.7. The van der Waals surface area contributed by atoms with E-state index in [2.05, 4.69) is 36.1 Å². The van der Waals surface area contributed by atoms with Crippen LogP contribution in [0.2, 0.25) is 0 Å². The molecule has 5 heteroatoms. The highest BCUT2D eigenvalue weighted by Gasteiger charge is 2.21. The van der Waals surface area contributed by atoms with Crippen LogP contribution in [-0.4, -0.2) is 57.2 Å². The maximum Gasteiger partial charge on any atom is 0.170 e. The molecule has 1 saturated heterocycles. The number of benzene rings is 2. The summed E-state index contributed by atoms with van der Waals surface area (Å²) in [5.74, 6) is 2.65. The average Bonchev–Trinajstić information content (AvgIpc) is 2.81. The van der Waals surface area contributed by atoms with Crippen LogP contribution in [-0.2, 0) is 17.6 Å². The number of methoxy groups -OCH3 is 1. The number of likely N-dealkylation sites (tertiary alicyclic amines) is 1. The molecule has 0 N–H and O–H groups in total. The van der Waals surface area contributed by atoms with Crippen LogP contribution in [0.25, 0.3) is 0 Å². The Morgan fingerprint density at radius 2 is 1.88 bits per heavy atom. The molecule has 4 rings (SSSR count). The van der Waals surface area contributed by atoms with Crippen molar-refractivity contribution in [2.75, 3.05) is 46.6 Å². The first-order valence-electron chi connectivity index (χ1n) is 11.8. The van der Waals surface area contributed by atoms with Gasteiger partial charge in [0.05, 0.1) is 18.8 Å². The van der Waals surface area contributed by atoms with Crippen molar-refractivity contribution in [3.05, 3.63) is 58.7 Å². The van der Waals surface area contributed by atoms with Gasteiger partial charge in [0.15, 0.2) is 5.78 Å². The topological polar surface area (TPSA) is 48.0 Å². The number of ketones is 1. The molecule has 0 aromatic heterocycles. The fraction of sp³-hybridized carbons (Fsp3) is 0.519. The van der Waals surface area contributed by atoms with Gasteiger partial charge in [-0.2, -0.15) is 0 Å². The summed E-state index contributed by atoms with van der Waals surface area (Å²) in [6, 6.07) is 12.7. The van der Waals surface area contributed by atoms with Gasteiger partial charge in [-0.1, -0.05) is 18.2 Å². The van der Waals surface area contributed by atoms with Crippen molar-refractivity contribution < 1.29 is 19.0 Å². The second-order valence-corrected chi connectivity index (χ2v) is 9.03. The third kappa shape index (κ3) is 5.90. The lowest BCUT2D eigenvalue weighted by Crippen LogP contribution is -2.35. The number of ether oxygens (including phenoxy) is 3. The van der Waals surface area contributed by atoms with Crippen LogP contribution in [0.15, 0.2) is 36.4 Å². The van der Waals surface area contributed by atoms with Crippen molar-refractivity contribution in [1.82, 2.24) is 4.90 Å². The van der Waals surface area contributed by atoms with E-state index in [1.165, 1.54) is 29.5 Å². The zero-order valence-corrected chi connectivity index (χ0v) is 19.4. The smallest absolute Gasteiger partial charge is 0.170 e. The number of hydrogen-bond donors (Lipinski definition) is 0. The first kappa shape index (κ1) is 22.8. The number of rotatable bonds is 9. The normalized spacial score (nSPS) is 17.1. The van der Waals surface area contributed by atoms with Gasteiger partial charge in [-0.3, -0.25) is 4.79 Å². The summed E-state index contributed by atoms with van der Waals surface area (Å²) in [6.07, 6.45) is 5.04. The molecule has 2 heterocycles. The molecule has 0 bridgehead atoms. The van der Waals surface area contributed by atoms with E-state index < -0.39 is 0 Å². The fourth-order valence-electron chi connectivity index (χ4n) is 4.66. The van der Waals surface area contributed by atoms with E-state index in [9.17, 15) is 4.79 Å². The van der Waals surface area contributed by atoms with Crippen molar-refractivity contribution in [3.8, 4) is 11.5 Å². The molecule has 1 fully saturated rings. The van der Waals surface area contributed by atoms with Gasteiger partial charge >= 0.3 is 0 Å². The van der Waals surface area contributed by atoms with E-state index in [1.54, 1.807) is 7.11 Å². The molecule has 5 nitrogen and oxygen atoms in total. The molecule has 2 aliphatic heterocycles. The van der Waals surface area contributed by atoms with Gasteiger partial charge in [0.25, 0.3) is 0 Å². The Morgan fingerprint density at radius 3 is 2.69 bits per heavy atom. The first-order valence-corrected chi connectivity index (χ1v) is 11.8. The summed E-state index contributed by atoms with van der Waals surface area (Å²) in [7, 11) is 1.70. The van der Waals surface area contributed by atoms with E-state index in [0.29, 0.717) is 26.2 Å². The van der Waals surface area contributed by atoms with E-state index in [1.807, 2.05) is 12.1 Å². The molecule has 32 heavy (non-hydrogen) atoms. The first-order chi connectivity index (χ1) is 15.6. The highest BCUT2D eigenvalue weighted by atomic mass is 16.5. The lowest BCUT2D eigenvalue weighted by Gasteiger charge is -2.32. The molecular formula is C27H35NO4. The molecule has 2 aromatic rings. The molecule has 0 radical (unpaired) electrons. The van der Waals surface area contributed by atoms with Gasteiger partial charge in [0, 0.05) is 20.1 Å². The standard InChI is InChI=1S/C27H35NO4/c1-20-3-4-23(19-27(20)32-16-15-30-2)17-22-8-12-28(13-9-22)11-7-21-5-6-26-24(18-21)25(29)10-14-31-26/h3-6,18-19,22H,7-17H2,1-2H3. The highest BCUT2D eigenvalue weighted by molar-refractivity contribution is 5.99. The third-order valence-electron chi connectivity index (χ3n) is 6.68. The van der Waals surface area contributed by atoms with Gasteiger partial charge < -0.3 is 19.1 Å². The van der Waals surface area contributed by atoms with Crippen molar-refractivity contribution in [3.63, 3.8) is 0 Å². The zero-order chi connectivity index (χ0) is 22.3. The fourth-order valence-corrected chi connectivity index (χ4v) is 4.66. The minimum Gasteiger partial charge on any atom is -0.492 e. The van der Waals surface area contributed by atoms with Crippen molar-refractivity contribution in [2.24, 2.45) is 5.92 Å². The van der Waals surface area contributed by atoms with E-state index in [0.717, 1.165) is 55.5 Å². The van der Waals surface area contributed by atoms with Crippen LogP contribution >= 0.6 is 0 Å². The number of fused-ring (bicyclic) bond motifs is 1. The Hall–Kier alpha value is -2.37. The summed E-state index contributed by atoms with van der Waals surface area (Å²) >= 11 is 0. The van der Waals surface area contributed by atoms with Crippen LogP contribution in [0.4, 0.5) is 0 Å². The second kappa shape index (κ2) is 11.0. The maximum atomic E-state index is 12.1. The van der Waals surface area contributed by atoms with Gasteiger partial charge in [0.1, 0.15) is 18.1 Å². The highest BCUT2D eigenvalue weighted by Crippen LogP contribution is 2.27.